The average Bonchev–Trinajstić information content (AvgIpc) is 3.81. The number of para-hydroxylation sites is 1. The minimum absolute atomic E-state index is 0.102. The van der Waals surface area contributed by atoms with Crippen molar-refractivity contribution < 1.29 is 0 Å². The van der Waals surface area contributed by atoms with Gasteiger partial charge < -0.3 is 9.80 Å². The summed E-state index contributed by atoms with van der Waals surface area (Å²) in [6, 6.07) is 77.0. The van der Waals surface area contributed by atoms with Crippen LogP contribution in [-0.4, -0.2) is 0 Å². The molecule has 3 aliphatic carbocycles. The first-order valence-electron chi connectivity index (χ1n) is 23.1. The Bertz CT molecular complexity index is 3260. The molecule has 314 valence electrons. The van der Waals surface area contributed by atoms with Crippen LogP contribution in [0.1, 0.15) is 74.9 Å². The van der Waals surface area contributed by atoms with Crippen LogP contribution in [0.5, 0.6) is 0 Å². The monoisotopic (exact) mass is 836 g/mol. The summed E-state index contributed by atoms with van der Waals surface area (Å²) in [5.41, 5.74) is 25.0. The number of fused-ring (bicyclic) bond motifs is 9. The Hall–Kier alpha value is -7.42. The van der Waals surface area contributed by atoms with E-state index >= 15 is 0 Å². The molecule has 0 unspecified atom stereocenters. The predicted octanol–water partition coefficient (Wildman–Crippen LogP) is 17.2. The zero-order chi connectivity index (χ0) is 44.2. The first-order chi connectivity index (χ1) is 31.5. The van der Waals surface area contributed by atoms with Gasteiger partial charge in [-0.15, -0.1) is 0 Å². The lowest BCUT2D eigenvalue weighted by molar-refractivity contribution is 0.660. The van der Waals surface area contributed by atoms with Gasteiger partial charge in [0.1, 0.15) is 0 Å². The standard InChI is InChI=1S/C63H52N2/c1-61(2)55-27-13-10-24-49(55)52-33-30-46(38-58(52)61)64(43-20-8-7-9-21-43)44-22-16-18-41(36-44)42-19-17-23-45(37-42)65(47-31-34-53-50-25-11-14-28-56(50)62(3,4)59(53)39-47)48-32-35-54-51-26-12-15-29-57(51)63(5,6)60(54)40-48/h7-40H,1-6H3. The van der Waals surface area contributed by atoms with E-state index in [-0.39, 0.29) is 16.2 Å². The molecule has 65 heavy (non-hydrogen) atoms. The van der Waals surface area contributed by atoms with Crippen LogP contribution < -0.4 is 9.80 Å². The van der Waals surface area contributed by atoms with Gasteiger partial charge in [-0.2, -0.15) is 0 Å². The molecule has 0 saturated heterocycles. The quantitative estimate of drug-likeness (QED) is 0.158. The fourth-order valence-corrected chi connectivity index (χ4v) is 11.6. The lowest BCUT2D eigenvalue weighted by Crippen LogP contribution is -2.18. The van der Waals surface area contributed by atoms with E-state index in [1.807, 2.05) is 0 Å². The molecule has 9 aromatic carbocycles. The maximum atomic E-state index is 2.48. The molecule has 0 saturated carbocycles. The first-order valence-corrected chi connectivity index (χ1v) is 23.1. The molecule has 3 aliphatic rings. The second-order valence-corrected chi connectivity index (χ2v) is 19.8. The minimum Gasteiger partial charge on any atom is -0.310 e. The minimum atomic E-state index is -0.124. The maximum Gasteiger partial charge on any atom is 0.0467 e. The number of hydrogen-bond acceptors (Lipinski definition) is 2. The van der Waals surface area contributed by atoms with E-state index in [9.17, 15) is 0 Å². The predicted molar refractivity (Wildman–Crippen MR) is 274 cm³/mol. The summed E-state index contributed by atoms with van der Waals surface area (Å²) in [5, 5.41) is 0. The highest BCUT2D eigenvalue weighted by molar-refractivity contribution is 5.90. The first kappa shape index (κ1) is 39.2. The highest BCUT2D eigenvalue weighted by atomic mass is 15.1. The Morgan fingerprint density at radius 2 is 0.523 bits per heavy atom. The van der Waals surface area contributed by atoms with Crippen LogP contribution in [-0.2, 0) is 16.2 Å². The van der Waals surface area contributed by atoms with Gasteiger partial charge in [-0.3, -0.25) is 0 Å². The van der Waals surface area contributed by atoms with Crippen LogP contribution in [0.15, 0.2) is 206 Å². The SMILES string of the molecule is CC1(C)c2ccccc2-c2ccc(N(c3ccccc3)c3cccc(-c4cccc(N(c5ccc6c(c5)C(C)(C)c5ccccc5-6)c5ccc6c(c5)C(C)(C)c5ccccc5-6)c4)c3)cc21. The van der Waals surface area contributed by atoms with Crippen molar-refractivity contribution in [3.63, 3.8) is 0 Å². The van der Waals surface area contributed by atoms with E-state index < -0.39 is 0 Å². The molecule has 0 atom stereocenters. The second-order valence-electron chi connectivity index (χ2n) is 19.8. The molecule has 0 aromatic heterocycles. The fraction of sp³-hybridized carbons (Fsp3) is 0.143. The van der Waals surface area contributed by atoms with Crippen LogP contribution in [0.2, 0.25) is 0 Å². The van der Waals surface area contributed by atoms with Crippen molar-refractivity contribution in [2.45, 2.75) is 57.8 Å². The van der Waals surface area contributed by atoms with Crippen LogP contribution in [0.25, 0.3) is 44.5 Å². The highest BCUT2D eigenvalue weighted by Crippen LogP contribution is 2.54. The summed E-state index contributed by atoms with van der Waals surface area (Å²) < 4.78 is 0. The van der Waals surface area contributed by atoms with Crippen molar-refractivity contribution in [3.05, 3.63) is 240 Å². The van der Waals surface area contributed by atoms with Crippen LogP contribution in [0.3, 0.4) is 0 Å². The van der Waals surface area contributed by atoms with Crippen LogP contribution >= 0.6 is 0 Å². The lowest BCUT2D eigenvalue weighted by atomic mass is 9.82. The largest absolute Gasteiger partial charge is 0.310 e. The van der Waals surface area contributed by atoms with E-state index in [0.717, 1.165) is 45.3 Å². The summed E-state index contributed by atoms with van der Waals surface area (Å²) in [7, 11) is 0. The molecule has 9 aromatic rings. The molecule has 0 heterocycles. The normalized spacial score (nSPS) is 15.0. The second kappa shape index (κ2) is 14.3. The molecule has 12 rings (SSSR count). The summed E-state index contributed by atoms with van der Waals surface area (Å²) >= 11 is 0. The smallest absolute Gasteiger partial charge is 0.0467 e. The average molecular weight is 837 g/mol. The fourth-order valence-electron chi connectivity index (χ4n) is 11.6. The zero-order valence-corrected chi connectivity index (χ0v) is 38.0. The molecular formula is C63H52N2. The molecule has 2 nitrogen and oxygen atoms in total. The summed E-state index contributed by atoms with van der Waals surface area (Å²) in [6.45, 7) is 14.2. The van der Waals surface area contributed by atoms with Gasteiger partial charge in [0, 0.05) is 50.4 Å². The Labute approximate surface area is 384 Å². The zero-order valence-electron chi connectivity index (χ0n) is 38.0. The van der Waals surface area contributed by atoms with Gasteiger partial charge in [0.25, 0.3) is 0 Å². The molecule has 0 amide bonds. The van der Waals surface area contributed by atoms with Crippen LogP contribution in [0, 0.1) is 0 Å². The topological polar surface area (TPSA) is 6.48 Å². The Kier molecular flexibility index (Phi) is 8.62. The van der Waals surface area contributed by atoms with Crippen molar-refractivity contribution in [1.29, 1.82) is 0 Å². The van der Waals surface area contributed by atoms with E-state index in [0.29, 0.717) is 0 Å². The van der Waals surface area contributed by atoms with Crippen LogP contribution in [0.4, 0.5) is 34.1 Å². The van der Waals surface area contributed by atoms with Gasteiger partial charge in [-0.05, 0) is 151 Å². The third kappa shape index (κ3) is 5.93. The van der Waals surface area contributed by atoms with Gasteiger partial charge in [-0.25, -0.2) is 0 Å². The Morgan fingerprint density at radius 3 is 0.908 bits per heavy atom. The molecule has 2 heteroatoms. The van der Waals surface area contributed by atoms with Crippen molar-refractivity contribution in [2.75, 3.05) is 9.80 Å². The van der Waals surface area contributed by atoms with Crippen molar-refractivity contribution in [3.8, 4) is 44.5 Å². The van der Waals surface area contributed by atoms with Gasteiger partial charge in [0.2, 0.25) is 0 Å². The molecular weight excluding hydrogens is 785 g/mol. The highest BCUT2D eigenvalue weighted by Gasteiger charge is 2.39. The number of anilines is 6. The number of benzene rings is 9. The number of rotatable bonds is 7. The van der Waals surface area contributed by atoms with Gasteiger partial charge >= 0.3 is 0 Å². The van der Waals surface area contributed by atoms with Crippen molar-refractivity contribution in [1.82, 2.24) is 0 Å². The third-order valence-electron chi connectivity index (χ3n) is 15.0. The molecule has 0 fully saturated rings. The van der Waals surface area contributed by atoms with E-state index in [1.165, 1.54) is 66.8 Å². The van der Waals surface area contributed by atoms with E-state index in [2.05, 4.69) is 258 Å². The van der Waals surface area contributed by atoms with Gasteiger partial charge in [0.05, 0.1) is 0 Å². The third-order valence-corrected chi connectivity index (χ3v) is 15.0. The van der Waals surface area contributed by atoms with Gasteiger partial charge in [-0.1, -0.05) is 175 Å². The molecule has 0 N–H and O–H groups in total. The summed E-state index contributed by atoms with van der Waals surface area (Å²) in [4.78, 5) is 4.89. The number of hydrogen-bond donors (Lipinski definition) is 0. The molecule has 0 aliphatic heterocycles. The van der Waals surface area contributed by atoms with Crippen molar-refractivity contribution in [2.24, 2.45) is 0 Å². The molecule has 0 spiro atoms. The van der Waals surface area contributed by atoms with Crippen molar-refractivity contribution >= 4 is 34.1 Å². The summed E-state index contributed by atoms with van der Waals surface area (Å²) in [5.74, 6) is 0. The lowest BCUT2D eigenvalue weighted by Gasteiger charge is -2.30. The Morgan fingerprint density at radius 1 is 0.231 bits per heavy atom. The van der Waals surface area contributed by atoms with E-state index in [4.69, 9.17) is 0 Å². The van der Waals surface area contributed by atoms with E-state index in [1.54, 1.807) is 0 Å². The number of nitrogens with zero attached hydrogens (tertiary/aromatic N) is 2. The molecule has 0 bridgehead atoms. The maximum absolute atomic E-state index is 2.48. The molecule has 0 radical (unpaired) electrons. The van der Waals surface area contributed by atoms with Gasteiger partial charge in [0.15, 0.2) is 0 Å². The summed E-state index contributed by atoms with van der Waals surface area (Å²) in [6.07, 6.45) is 0. The Balaban J connectivity index is 0.985.